The smallest absolute Gasteiger partial charge is 0.145 e. The summed E-state index contributed by atoms with van der Waals surface area (Å²) in [4.78, 5) is 0. The molecule has 2 nitrogen and oxygen atoms in total. The summed E-state index contributed by atoms with van der Waals surface area (Å²) >= 11 is 11.8. The first kappa shape index (κ1) is 12.8. The molecule has 0 amide bonds. The van der Waals surface area contributed by atoms with E-state index in [0.717, 1.165) is 5.56 Å². The Balaban J connectivity index is 2.37. The minimum absolute atomic E-state index is 0.478. The Morgan fingerprint density at radius 2 is 1.72 bits per heavy atom. The van der Waals surface area contributed by atoms with Crippen molar-refractivity contribution in [3.05, 3.63) is 57.6 Å². The molecule has 0 bridgehead atoms. The van der Waals surface area contributed by atoms with Gasteiger partial charge in [0, 0.05) is 10.0 Å². The van der Waals surface area contributed by atoms with Crippen LogP contribution < -0.4 is 4.74 Å². The molecule has 18 heavy (non-hydrogen) atoms. The van der Waals surface area contributed by atoms with E-state index in [4.69, 9.17) is 33.2 Å². The molecule has 0 spiro atoms. The summed E-state index contributed by atoms with van der Waals surface area (Å²) in [6.45, 7) is 1.92. The largest absolute Gasteiger partial charge is 0.456 e. The van der Waals surface area contributed by atoms with Crippen LogP contribution in [0, 0.1) is 18.3 Å². The monoisotopic (exact) mass is 277 g/mol. The van der Waals surface area contributed by atoms with Gasteiger partial charge in [0.15, 0.2) is 0 Å². The number of ether oxygens (including phenoxy) is 1. The molecule has 0 atom stereocenters. The lowest BCUT2D eigenvalue weighted by molar-refractivity contribution is 0.481. The highest BCUT2D eigenvalue weighted by Gasteiger charge is 2.06. The number of nitriles is 1. The zero-order valence-corrected chi connectivity index (χ0v) is 11.1. The average molecular weight is 278 g/mol. The molecule has 0 aliphatic heterocycles. The molecule has 2 aromatic rings. The third-order valence-corrected chi connectivity index (χ3v) is 2.76. The molecule has 0 unspecified atom stereocenters. The van der Waals surface area contributed by atoms with Gasteiger partial charge in [0.1, 0.15) is 17.6 Å². The average Bonchev–Trinajstić information content (AvgIpc) is 2.30. The van der Waals surface area contributed by atoms with Gasteiger partial charge in [0.05, 0.1) is 5.56 Å². The van der Waals surface area contributed by atoms with Gasteiger partial charge in [-0.2, -0.15) is 5.26 Å². The maximum atomic E-state index is 9.05. The zero-order chi connectivity index (χ0) is 13.1. The first-order valence-electron chi connectivity index (χ1n) is 5.23. The molecular weight excluding hydrogens is 269 g/mol. The number of hydrogen-bond donors (Lipinski definition) is 0. The van der Waals surface area contributed by atoms with E-state index in [2.05, 4.69) is 6.07 Å². The van der Waals surface area contributed by atoms with E-state index in [1.165, 1.54) is 0 Å². The van der Waals surface area contributed by atoms with Crippen LogP contribution in [0.4, 0.5) is 0 Å². The zero-order valence-electron chi connectivity index (χ0n) is 9.58. The van der Waals surface area contributed by atoms with E-state index >= 15 is 0 Å². The highest BCUT2D eigenvalue weighted by atomic mass is 35.5. The summed E-state index contributed by atoms with van der Waals surface area (Å²) < 4.78 is 5.63. The van der Waals surface area contributed by atoms with Gasteiger partial charge in [0.25, 0.3) is 0 Å². The van der Waals surface area contributed by atoms with Crippen molar-refractivity contribution in [2.24, 2.45) is 0 Å². The van der Waals surface area contributed by atoms with Crippen molar-refractivity contribution in [3.63, 3.8) is 0 Å². The quantitative estimate of drug-likeness (QED) is 0.777. The van der Waals surface area contributed by atoms with E-state index < -0.39 is 0 Å². The molecule has 4 heteroatoms. The van der Waals surface area contributed by atoms with Gasteiger partial charge in [0.2, 0.25) is 0 Å². The number of halogens is 2. The molecule has 90 valence electrons. The van der Waals surface area contributed by atoms with Gasteiger partial charge in [-0.15, -0.1) is 0 Å². The van der Waals surface area contributed by atoms with Crippen LogP contribution >= 0.6 is 23.2 Å². The molecular formula is C14H9Cl2NO. The molecule has 2 aromatic carbocycles. The van der Waals surface area contributed by atoms with Crippen LogP contribution in [-0.4, -0.2) is 0 Å². The Kier molecular flexibility index (Phi) is 3.76. The van der Waals surface area contributed by atoms with Gasteiger partial charge >= 0.3 is 0 Å². The van der Waals surface area contributed by atoms with E-state index in [0.29, 0.717) is 27.1 Å². The SMILES string of the molecule is Cc1ccc(Oc2cc(Cl)cc(Cl)c2)c(C#N)c1. The Morgan fingerprint density at radius 1 is 1.06 bits per heavy atom. The van der Waals surface area contributed by atoms with Crippen molar-refractivity contribution in [1.29, 1.82) is 5.26 Å². The number of rotatable bonds is 2. The van der Waals surface area contributed by atoms with Gasteiger partial charge in [-0.25, -0.2) is 0 Å². The van der Waals surface area contributed by atoms with Crippen LogP contribution in [0.25, 0.3) is 0 Å². The summed E-state index contributed by atoms with van der Waals surface area (Å²) in [6.07, 6.45) is 0. The Bertz CT molecular complexity index is 612. The minimum Gasteiger partial charge on any atom is -0.456 e. The van der Waals surface area contributed by atoms with Crippen molar-refractivity contribution in [3.8, 4) is 17.6 Å². The second-order valence-electron chi connectivity index (χ2n) is 3.82. The molecule has 0 radical (unpaired) electrons. The Labute approximate surface area is 115 Å². The fourth-order valence-corrected chi connectivity index (χ4v) is 2.04. The highest BCUT2D eigenvalue weighted by Crippen LogP contribution is 2.30. The molecule has 0 aliphatic rings. The van der Waals surface area contributed by atoms with Gasteiger partial charge in [-0.1, -0.05) is 29.3 Å². The maximum absolute atomic E-state index is 9.05. The van der Waals surface area contributed by atoms with E-state index in [9.17, 15) is 0 Å². The van der Waals surface area contributed by atoms with E-state index in [1.807, 2.05) is 13.0 Å². The molecule has 0 fully saturated rings. The number of hydrogen-bond acceptors (Lipinski definition) is 2. The van der Waals surface area contributed by atoms with Crippen molar-refractivity contribution in [1.82, 2.24) is 0 Å². The van der Waals surface area contributed by atoms with Crippen LogP contribution in [0.2, 0.25) is 10.0 Å². The highest BCUT2D eigenvalue weighted by molar-refractivity contribution is 6.34. The predicted octanol–water partition coefficient (Wildman–Crippen LogP) is 4.97. The lowest BCUT2D eigenvalue weighted by Crippen LogP contribution is -1.89. The third-order valence-electron chi connectivity index (χ3n) is 2.32. The van der Waals surface area contributed by atoms with Crippen LogP contribution in [0.3, 0.4) is 0 Å². The second kappa shape index (κ2) is 5.30. The number of nitrogens with zero attached hydrogens (tertiary/aromatic N) is 1. The maximum Gasteiger partial charge on any atom is 0.145 e. The van der Waals surface area contributed by atoms with Crippen molar-refractivity contribution < 1.29 is 4.74 Å². The lowest BCUT2D eigenvalue weighted by atomic mass is 10.1. The lowest BCUT2D eigenvalue weighted by Gasteiger charge is -2.08. The van der Waals surface area contributed by atoms with Crippen LogP contribution in [0.15, 0.2) is 36.4 Å². The van der Waals surface area contributed by atoms with Crippen LogP contribution in [-0.2, 0) is 0 Å². The van der Waals surface area contributed by atoms with Gasteiger partial charge in [-0.3, -0.25) is 0 Å². The number of benzene rings is 2. The van der Waals surface area contributed by atoms with E-state index in [1.54, 1.807) is 30.3 Å². The Morgan fingerprint density at radius 3 is 2.33 bits per heavy atom. The summed E-state index contributed by atoms with van der Waals surface area (Å²) in [5, 5.41) is 10.0. The molecule has 0 heterocycles. The fraction of sp³-hybridized carbons (Fsp3) is 0.0714. The molecule has 0 aromatic heterocycles. The van der Waals surface area contributed by atoms with Crippen molar-refractivity contribution in [2.75, 3.05) is 0 Å². The van der Waals surface area contributed by atoms with Gasteiger partial charge < -0.3 is 4.74 Å². The summed E-state index contributed by atoms with van der Waals surface area (Å²) in [6, 6.07) is 12.4. The molecule has 0 saturated carbocycles. The minimum atomic E-state index is 0.478. The van der Waals surface area contributed by atoms with Crippen LogP contribution in [0.5, 0.6) is 11.5 Å². The van der Waals surface area contributed by atoms with Crippen LogP contribution in [0.1, 0.15) is 11.1 Å². The van der Waals surface area contributed by atoms with E-state index in [-0.39, 0.29) is 0 Å². The fourth-order valence-electron chi connectivity index (χ4n) is 1.53. The standard InChI is InChI=1S/C14H9Cl2NO/c1-9-2-3-14(10(4-9)8-17)18-13-6-11(15)5-12(16)7-13/h2-7H,1H3. The molecule has 0 aliphatic carbocycles. The normalized spacial score (nSPS) is 9.89. The topological polar surface area (TPSA) is 33.0 Å². The molecule has 0 N–H and O–H groups in total. The van der Waals surface area contributed by atoms with Crippen molar-refractivity contribution in [2.45, 2.75) is 6.92 Å². The first-order chi connectivity index (χ1) is 8.58. The summed E-state index contributed by atoms with van der Waals surface area (Å²) in [5.41, 5.74) is 1.48. The Hall–Kier alpha value is -1.69. The molecule has 2 rings (SSSR count). The summed E-state index contributed by atoms with van der Waals surface area (Å²) in [5.74, 6) is 0.995. The predicted molar refractivity (Wildman–Crippen MR) is 72.4 cm³/mol. The van der Waals surface area contributed by atoms with Gasteiger partial charge in [-0.05, 0) is 42.8 Å². The third kappa shape index (κ3) is 2.95. The molecule has 0 saturated heterocycles. The summed E-state index contributed by atoms with van der Waals surface area (Å²) in [7, 11) is 0. The second-order valence-corrected chi connectivity index (χ2v) is 4.69. The van der Waals surface area contributed by atoms with Crippen molar-refractivity contribution >= 4 is 23.2 Å². The number of aryl methyl sites for hydroxylation is 1. The first-order valence-corrected chi connectivity index (χ1v) is 5.99.